The van der Waals surface area contributed by atoms with E-state index in [9.17, 15) is 4.39 Å². The molecule has 0 heterocycles. The van der Waals surface area contributed by atoms with Gasteiger partial charge in [-0.1, -0.05) is 26.8 Å². The number of hydrogen-bond donors (Lipinski definition) is 1. The highest BCUT2D eigenvalue weighted by Gasteiger charge is 2.26. The summed E-state index contributed by atoms with van der Waals surface area (Å²) in [5, 5.41) is 3.37. The van der Waals surface area contributed by atoms with Crippen molar-refractivity contribution in [3.05, 3.63) is 29.6 Å². The second-order valence-corrected chi connectivity index (χ2v) is 6.62. The summed E-state index contributed by atoms with van der Waals surface area (Å²) in [7, 11) is 0. The van der Waals surface area contributed by atoms with Crippen LogP contribution in [0.2, 0.25) is 0 Å². The van der Waals surface area contributed by atoms with E-state index in [1.54, 1.807) is 0 Å². The van der Waals surface area contributed by atoms with Crippen LogP contribution in [0.15, 0.2) is 18.2 Å². The Hall–Kier alpha value is -1.09. The Balaban J connectivity index is 2.16. The third kappa shape index (κ3) is 4.44. The van der Waals surface area contributed by atoms with Crippen molar-refractivity contribution in [3.63, 3.8) is 0 Å². The Kier molecular flexibility index (Phi) is 5.63. The lowest BCUT2D eigenvalue weighted by Crippen LogP contribution is -2.29. The molecule has 0 bridgehead atoms. The van der Waals surface area contributed by atoms with Crippen molar-refractivity contribution < 1.29 is 9.13 Å². The summed E-state index contributed by atoms with van der Waals surface area (Å²) in [6.07, 6.45) is 3.60. The Morgan fingerprint density at radius 2 is 1.90 bits per heavy atom. The molecule has 1 aromatic carbocycles. The fourth-order valence-corrected chi connectivity index (χ4v) is 3.53. The summed E-state index contributed by atoms with van der Waals surface area (Å²) in [5.41, 5.74) is 1.05. The molecule has 1 aliphatic carbocycles. The van der Waals surface area contributed by atoms with E-state index in [4.69, 9.17) is 4.74 Å². The van der Waals surface area contributed by atoms with Gasteiger partial charge >= 0.3 is 0 Å². The fraction of sp³-hybridized carbons (Fsp3) is 0.667. The topological polar surface area (TPSA) is 21.3 Å². The molecule has 3 heteroatoms. The molecule has 3 atom stereocenters. The van der Waals surface area contributed by atoms with Gasteiger partial charge in [-0.3, -0.25) is 0 Å². The van der Waals surface area contributed by atoms with Gasteiger partial charge in [-0.05, 0) is 50.6 Å². The summed E-state index contributed by atoms with van der Waals surface area (Å²) in [6, 6.07) is 5.06. The fourth-order valence-electron chi connectivity index (χ4n) is 3.53. The normalized spacial score (nSPS) is 27.4. The van der Waals surface area contributed by atoms with Crippen molar-refractivity contribution >= 4 is 0 Å². The van der Waals surface area contributed by atoms with E-state index in [2.05, 4.69) is 33.0 Å². The Bertz CT molecular complexity index is 453. The third-order valence-electron chi connectivity index (χ3n) is 4.38. The molecular weight excluding hydrogens is 265 g/mol. The monoisotopic (exact) mass is 293 g/mol. The first kappa shape index (κ1) is 16.3. The predicted octanol–water partition coefficient (Wildman–Crippen LogP) is 4.70. The van der Waals surface area contributed by atoms with Gasteiger partial charge in [-0.15, -0.1) is 0 Å². The molecule has 0 saturated heterocycles. The number of hydrogen-bond acceptors (Lipinski definition) is 2. The highest BCUT2D eigenvalue weighted by Crippen LogP contribution is 2.34. The van der Waals surface area contributed by atoms with Crippen LogP contribution in [0.3, 0.4) is 0 Å². The van der Waals surface area contributed by atoms with Gasteiger partial charge in [0.25, 0.3) is 0 Å². The summed E-state index contributed by atoms with van der Waals surface area (Å²) < 4.78 is 19.8. The molecule has 21 heavy (non-hydrogen) atoms. The number of rotatable bonds is 5. The Morgan fingerprint density at radius 3 is 2.52 bits per heavy atom. The van der Waals surface area contributed by atoms with Crippen LogP contribution >= 0.6 is 0 Å². The van der Waals surface area contributed by atoms with E-state index in [0.717, 1.165) is 24.9 Å². The van der Waals surface area contributed by atoms with Gasteiger partial charge in [-0.2, -0.15) is 0 Å². The molecule has 0 amide bonds. The molecule has 1 aromatic rings. The first-order chi connectivity index (χ1) is 9.99. The molecule has 2 rings (SSSR count). The van der Waals surface area contributed by atoms with Crippen LogP contribution in [0.25, 0.3) is 0 Å². The first-order valence-electron chi connectivity index (χ1n) is 8.19. The molecule has 118 valence electrons. The van der Waals surface area contributed by atoms with Crippen LogP contribution in [-0.4, -0.2) is 12.6 Å². The zero-order valence-corrected chi connectivity index (χ0v) is 13.7. The standard InChI is InChI=1S/C18H28FNO/c1-5-20-14(4)17-7-6-15(19)11-18(17)21-16-9-12(2)8-13(3)10-16/h6-7,11-14,16,20H,5,8-10H2,1-4H3. The van der Waals surface area contributed by atoms with Gasteiger partial charge in [0, 0.05) is 17.7 Å². The maximum absolute atomic E-state index is 13.6. The Labute approximate surface area is 128 Å². The van der Waals surface area contributed by atoms with E-state index in [-0.39, 0.29) is 18.0 Å². The van der Waals surface area contributed by atoms with Gasteiger partial charge in [0.1, 0.15) is 11.6 Å². The van der Waals surface area contributed by atoms with Gasteiger partial charge in [0.15, 0.2) is 0 Å². The van der Waals surface area contributed by atoms with Crippen LogP contribution in [0, 0.1) is 17.7 Å². The van der Waals surface area contributed by atoms with E-state index in [1.807, 2.05) is 6.07 Å². The highest BCUT2D eigenvalue weighted by molar-refractivity contribution is 5.36. The van der Waals surface area contributed by atoms with Crippen LogP contribution in [0.4, 0.5) is 4.39 Å². The van der Waals surface area contributed by atoms with Crippen molar-refractivity contribution in [2.24, 2.45) is 11.8 Å². The number of ether oxygens (including phenoxy) is 1. The molecule has 1 saturated carbocycles. The maximum Gasteiger partial charge on any atom is 0.127 e. The molecule has 2 nitrogen and oxygen atoms in total. The van der Waals surface area contributed by atoms with E-state index in [1.165, 1.54) is 18.6 Å². The van der Waals surface area contributed by atoms with Gasteiger partial charge in [-0.25, -0.2) is 4.39 Å². The van der Waals surface area contributed by atoms with E-state index >= 15 is 0 Å². The average Bonchev–Trinajstić information content (AvgIpc) is 2.37. The summed E-state index contributed by atoms with van der Waals surface area (Å²) in [6.45, 7) is 9.61. The second kappa shape index (κ2) is 7.26. The van der Waals surface area contributed by atoms with Crippen molar-refractivity contribution in [2.45, 2.75) is 59.1 Å². The van der Waals surface area contributed by atoms with Gasteiger partial charge < -0.3 is 10.1 Å². The van der Waals surface area contributed by atoms with Crippen molar-refractivity contribution in [1.82, 2.24) is 5.32 Å². The van der Waals surface area contributed by atoms with Crippen molar-refractivity contribution in [2.75, 3.05) is 6.54 Å². The first-order valence-corrected chi connectivity index (χ1v) is 8.19. The smallest absolute Gasteiger partial charge is 0.127 e. The zero-order valence-electron chi connectivity index (χ0n) is 13.7. The van der Waals surface area contributed by atoms with Crippen LogP contribution in [-0.2, 0) is 0 Å². The largest absolute Gasteiger partial charge is 0.490 e. The maximum atomic E-state index is 13.6. The number of halogens is 1. The molecule has 1 fully saturated rings. The molecule has 1 aliphatic rings. The molecule has 0 radical (unpaired) electrons. The minimum atomic E-state index is -0.227. The molecule has 0 spiro atoms. The van der Waals surface area contributed by atoms with Crippen molar-refractivity contribution in [3.8, 4) is 5.75 Å². The predicted molar refractivity (Wildman–Crippen MR) is 85.1 cm³/mol. The van der Waals surface area contributed by atoms with Crippen LogP contribution in [0.1, 0.15) is 58.6 Å². The van der Waals surface area contributed by atoms with Crippen LogP contribution in [0.5, 0.6) is 5.75 Å². The minimum Gasteiger partial charge on any atom is -0.490 e. The van der Waals surface area contributed by atoms with Gasteiger partial charge in [0.05, 0.1) is 6.10 Å². The third-order valence-corrected chi connectivity index (χ3v) is 4.38. The molecule has 1 N–H and O–H groups in total. The zero-order chi connectivity index (χ0) is 15.4. The Morgan fingerprint density at radius 1 is 1.24 bits per heavy atom. The lowest BCUT2D eigenvalue weighted by atomic mass is 9.82. The molecule has 0 aliphatic heterocycles. The van der Waals surface area contributed by atoms with E-state index in [0.29, 0.717) is 17.6 Å². The van der Waals surface area contributed by atoms with Crippen molar-refractivity contribution in [1.29, 1.82) is 0 Å². The molecular formula is C18H28FNO. The minimum absolute atomic E-state index is 0.170. The number of nitrogens with one attached hydrogen (secondary N) is 1. The average molecular weight is 293 g/mol. The molecule has 0 aromatic heterocycles. The quantitative estimate of drug-likeness (QED) is 0.849. The summed E-state index contributed by atoms with van der Waals surface area (Å²) in [5.74, 6) is 1.84. The highest BCUT2D eigenvalue weighted by atomic mass is 19.1. The molecule has 3 unspecified atom stereocenters. The van der Waals surface area contributed by atoms with Gasteiger partial charge in [0.2, 0.25) is 0 Å². The SMILES string of the molecule is CCNC(C)c1ccc(F)cc1OC1CC(C)CC(C)C1. The number of benzene rings is 1. The lowest BCUT2D eigenvalue weighted by molar-refractivity contribution is 0.0992. The summed E-state index contributed by atoms with van der Waals surface area (Å²) >= 11 is 0. The van der Waals surface area contributed by atoms with Crippen LogP contribution < -0.4 is 10.1 Å². The summed E-state index contributed by atoms with van der Waals surface area (Å²) in [4.78, 5) is 0. The second-order valence-electron chi connectivity index (χ2n) is 6.62. The lowest BCUT2D eigenvalue weighted by Gasteiger charge is -2.32. The van der Waals surface area contributed by atoms with E-state index < -0.39 is 0 Å².